The maximum atomic E-state index is 12.6. The normalized spacial score (nSPS) is 18.7. The van der Waals surface area contributed by atoms with Crippen LogP contribution >= 0.6 is 0 Å². The molecule has 0 aromatic heterocycles. The number of nitro benzene ring substituents is 1. The largest absolute Gasteiger partial charge is 0.336 e. The van der Waals surface area contributed by atoms with Crippen LogP contribution in [0.1, 0.15) is 36.5 Å². The lowest BCUT2D eigenvalue weighted by Crippen LogP contribution is -2.42. The lowest BCUT2D eigenvalue weighted by molar-refractivity contribution is -0.384. The Hall–Kier alpha value is -2.15. The van der Waals surface area contributed by atoms with Crippen molar-refractivity contribution in [1.29, 1.82) is 0 Å². The van der Waals surface area contributed by atoms with Crippen LogP contribution in [0.25, 0.3) is 0 Å². The number of carbonyl (C=O) groups is 1. The Bertz CT molecular complexity index is 532. The van der Waals surface area contributed by atoms with Crippen molar-refractivity contribution >= 4 is 17.3 Å². The van der Waals surface area contributed by atoms with Gasteiger partial charge >= 0.3 is 0 Å². The van der Waals surface area contributed by atoms with Crippen molar-refractivity contribution in [2.45, 2.75) is 32.2 Å². The van der Waals surface area contributed by atoms with Gasteiger partial charge in [-0.1, -0.05) is 0 Å². The van der Waals surface area contributed by atoms with E-state index in [0.717, 1.165) is 19.3 Å². The van der Waals surface area contributed by atoms with Gasteiger partial charge < -0.3 is 10.3 Å². The zero-order valence-electron chi connectivity index (χ0n) is 11.3. The molecule has 0 spiro atoms. The number of anilines is 1. The Morgan fingerprint density at radius 1 is 1.50 bits per heavy atom. The Kier molecular flexibility index (Phi) is 4.19. The first-order valence-corrected chi connectivity index (χ1v) is 6.60. The van der Waals surface area contributed by atoms with E-state index in [1.165, 1.54) is 18.2 Å². The van der Waals surface area contributed by atoms with Gasteiger partial charge in [-0.05, 0) is 32.3 Å². The number of nitrogens with two attached hydrogens (primary N) is 1. The predicted molar refractivity (Wildman–Crippen MR) is 75.3 cm³/mol. The maximum Gasteiger partial charge on any atom is 0.270 e. The highest BCUT2D eigenvalue weighted by Gasteiger charge is 2.27. The molecule has 1 atom stereocenters. The molecule has 0 aliphatic carbocycles. The zero-order chi connectivity index (χ0) is 14.7. The Morgan fingerprint density at radius 2 is 2.25 bits per heavy atom. The Labute approximate surface area is 116 Å². The van der Waals surface area contributed by atoms with E-state index in [-0.39, 0.29) is 23.2 Å². The molecule has 1 aliphatic heterocycles. The van der Waals surface area contributed by atoms with E-state index in [0.29, 0.717) is 12.2 Å². The van der Waals surface area contributed by atoms with E-state index in [4.69, 9.17) is 5.84 Å². The first-order chi connectivity index (χ1) is 9.54. The van der Waals surface area contributed by atoms with Crippen LogP contribution in [-0.2, 0) is 0 Å². The summed E-state index contributed by atoms with van der Waals surface area (Å²) in [4.78, 5) is 24.7. The third kappa shape index (κ3) is 2.72. The monoisotopic (exact) mass is 278 g/mol. The van der Waals surface area contributed by atoms with E-state index in [1.807, 2.05) is 6.92 Å². The van der Waals surface area contributed by atoms with E-state index in [1.54, 1.807) is 4.90 Å². The lowest BCUT2D eigenvalue weighted by atomic mass is 10.0. The van der Waals surface area contributed by atoms with Crippen LogP contribution in [0.3, 0.4) is 0 Å². The fourth-order valence-electron chi connectivity index (χ4n) is 2.50. The summed E-state index contributed by atoms with van der Waals surface area (Å²) >= 11 is 0. The molecule has 0 bridgehead atoms. The number of nitrogens with zero attached hydrogens (tertiary/aromatic N) is 2. The average molecular weight is 278 g/mol. The first-order valence-electron chi connectivity index (χ1n) is 6.60. The third-order valence-electron chi connectivity index (χ3n) is 3.66. The molecule has 3 N–H and O–H groups in total. The number of rotatable bonds is 3. The Balaban J connectivity index is 2.36. The van der Waals surface area contributed by atoms with Crippen molar-refractivity contribution in [1.82, 2.24) is 4.90 Å². The number of nitrogen functional groups attached to an aromatic ring is 1. The molecule has 1 aliphatic rings. The summed E-state index contributed by atoms with van der Waals surface area (Å²) < 4.78 is 0. The highest BCUT2D eigenvalue weighted by Crippen LogP contribution is 2.26. The number of hydrogen-bond donors (Lipinski definition) is 2. The zero-order valence-corrected chi connectivity index (χ0v) is 11.3. The van der Waals surface area contributed by atoms with Gasteiger partial charge in [-0.3, -0.25) is 20.8 Å². The van der Waals surface area contributed by atoms with Crippen LogP contribution in [0.15, 0.2) is 18.2 Å². The van der Waals surface area contributed by atoms with Gasteiger partial charge in [-0.25, -0.2) is 0 Å². The van der Waals surface area contributed by atoms with Crippen molar-refractivity contribution in [2.24, 2.45) is 5.84 Å². The van der Waals surface area contributed by atoms with Gasteiger partial charge in [0.2, 0.25) is 0 Å². The van der Waals surface area contributed by atoms with Crippen molar-refractivity contribution < 1.29 is 9.72 Å². The lowest BCUT2D eigenvalue weighted by Gasteiger charge is -2.33. The number of piperidine rings is 1. The number of non-ortho nitro benzene ring substituents is 1. The van der Waals surface area contributed by atoms with Gasteiger partial charge in [0, 0.05) is 24.7 Å². The van der Waals surface area contributed by atoms with Crippen LogP contribution in [0.4, 0.5) is 11.4 Å². The van der Waals surface area contributed by atoms with E-state index in [2.05, 4.69) is 5.43 Å². The number of nitrogens with one attached hydrogen (secondary N) is 1. The summed E-state index contributed by atoms with van der Waals surface area (Å²) in [6.07, 6.45) is 3.00. The molecule has 7 heteroatoms. The molecule has 1 fully saturated rings. The number of hydrogen-bond acceptors (Lipinski definition) is 5. The van der Waals surface area contributed by atoms with Crippen LogP contribution in [-0.4, -0.2) is 28.3 Å². The molecule has 20 heavy (non-hydrogen) atoms. The topological polar surface area (TPSA) is 102 Å². The minimum absolute atomic E-state index is 0.114. The molecule has 1 amide bonds. The standard InChI is InChI=1S/C13H18N4O3/c1-9-4-2-3-7-16(9)13(18)11-8-10(17(19)20)5-6-12(11)15-14/h5-6,8-9,15H,2-4,7,14H2,1H3. The highest BCUT2D eigenvalue weighted by atomic mass is 16.6. The van der Waals surface area contributed by atoms with Crippen molar-refractivity contribution in [3.05, 3.63) is 33.9 Å². The van der Waals surface area contributed by atoms with Gasteiger partial charge in [0.05, 0.1) is 16.2 Å². The molecule has 0 radical (unpaired) electrons. The van der Waals surface area contributed by atoms with Crippen LogP contribution in [0.5, 0.6) is 0 Å². The van der Waals surface area contributed by atoms with E-state index < -0.39 is 4.92 Å². The molecule has 108 valence electrons. The highest BCUT2D eigenvalue weighted by molar-refractivity contribution is 6.00. The molecule has 0 saturated carbocycles. The second-order valence-electron chi connectivity index (χ2n) is 4.97. The van der Waals surface area contributed by atoms with Crippen molar-refractivity contribution in [2.75, 3.05) is 12.0 Å². The first kappa shape index (κ1) is 14.3. The van der Waals surface area contributed by atoms with Crippen LogP contribution in [0.2, 0.25) is 0 Å². The predicted octanol–water partition coefficient (Wildman–Crippen LogP) is 1.90. The minimum Gasteiger partial charge on any atom is -0.336 e. The molecule has 1 unspecified atom stereocenters. The maximum absolute atomic E-state index is 12.6. The fraction of sp³-hybridized carbons (Fsp3) is 0.462. The third-order valence-corrected chi connectivity index (χ3v) is 3.66. The summed E-state index contributed by atoms with van der Waals surface area (Å²) in [5.74, 6) is 5.17. The summed E-state index contributed by atoms with van der Waals surface area (Å²) in [5.41, 5.74) is 2.96. The van der Waals surface area contributed by atoms with E-state index >= 15 is 0 Å². The molecule has 7 nitrogen and oxygen atoms in total. The second-order valence-corrected chi connectivity index (χ2v) is 4.97. The SMILES string of the molecule is CC1CCCCN1C(=O)c1cc([N+](=O)[O-])ccc1NN. The van der Waals surface area contributed by atoms with Crippen LogP contribution < -0.4 is 11.3 Å². The molecular weight excluding hydrogens is 260 g/mol. The smallest absolute Gasteiger partial charge is 0.270 e. The molecule has 1 heterocycles. The Morgan fingerprint density at radius 3 is 2.85 bits per heavy atom. The van der Waals surface area contributed by atoms with Crippen molar-refractivity contribution in [3.8, 4) is 0 Å². The van der Waals surface area contributed by atoms with Crippen molar-refractivity contribution in [3.63, 3.8) is 0 Å². The van der Waals surface area contributed by atoms with E-state index in [9.17, 15) is 14.9 Å². The number of benzene rings is 1. The quantitative estimate of drug-likeness (QED) is 0.499. The molecule has 1 aromatic carbocycles. The fourth-order valence-corrected chi connectivity index (χ4v) is 2.50. The molecule has 1 aromatic rings. The summed E-state index contributed by atoms with van der Waals surface area (Å²) in [6.45, 7) is 2.66. The molecule has 2 rings (SSSR count). The number of hydrazine groups is 1. The average Bonchev–Trinajstić information content (AvgIpc) is 2.46. The van der Waals surface area contributed by atoms with Gasteiger partial charge in [0.1, 0.15) is 0 Å². The summed E-state index contributed by atoms with van der Waals surface area (Å²) in [5, 5.41) is 10.8. The van der Waals surface area contributed by atoms with Gasteiger partial charge in [-0.2, -0.15) is 0 Å². The second kappa shape index (κ2) is 5.87. The molecule has 1 saturated heterocycles. The minimum atomic E-state index is -0.517. The number of likely N-dealkylation sites (tertiary alicyclic amines) is 1. The number of amides is 1. The van der Waals surface area contributed by atoms with Gasteiger partial charge in [0.25, 0.3) is 11.6 Å². The summed E-state index contributed by atoms with van der Waals surface area (Å²) in [7, 11) is 0. The molecular formula is C13H18N4O3. The summed E-state index contributed by atoms with van der Waals surface area (Å²) in [6, 6.07) is 4.20. The van der Waals surface area contributed by atoms with Crippen LogP contribution in [0, 0.1) is 10.1 Å². The number of carbonyl (C=O) groups excluding carboxylic acids is 1. The van der Waals surface area contributed by atoms with Gasteiger partial charge in [0.15, 0.2) is 0 Å². The number of nitro groups is 1. The van der Waals surface area contributed by atoms with Gasteiger partial charge in [-0.15, -0.1) is 0 Å².